The molecule has 0 aromatic heterocycles. The molecule has 1 rings (SSSR count). The van der Waals surface area contributed by atoms with Crippen molar-refractivity contribution in [3.63, 3.8) is 0 Å². The normalized spacial score (nSPS) is 27.6. The third-order valence-electron chi connectivity index (χ3n) is 3.01. The molecule has 15 heavy (non-hydrogen) atoms. The van der Waals surface area contributed by atoms with Crippen LogP contribution in [0.2, 0.25) is 0 Å². The summed E-state index contributed by atoms with van der Waals surface area (Å²) < 4.78 is 5.30. The van der Waals surface area contributed by atoms with Gasteiger partial charge in [-0.2, -0.15) is 0 Å². The van der Waals surface area contributed by atoms with Gasteiger partial charge < -0.3 is 10.1 Å². The molecule has 0 heterocycles. The van der Waals surface area contributed by atoms with E-state index in [2.05, 4.69) is 5.32 Å². The Balaban J connectivity index is 2.07. The van der Waals surface area contributed by atoms with Gasteiger partial charge in [0.1, 0.15) is 0 Å². The summed E-state index contributed by atoms with van der Waals surface area (Å²) in [5.74, 6) is 0. The van der Waals surface area contributed by atoms with Crippen LogP contribution in [-0.4, -0.2) is 31.2 Å². The summed E-state index contributed by atoms with van der Waals surface area (Å²) in [5.41, 5.74) is 0. The molecule has 0 aromatic rings. The lowest BCUT2D eigenvalue weighted by atomic mass is 10.1. The van der Waals surface area contributed by atoms with Crippen LogP contribution in [0.4, 0.5) is 0 Å². The highest BCUT2D eigenvalue weighted by Gasteiger charge is 2.20. The SMILES string of the molecule is CCOCCCNC1CCCCCC1Cl. The van der Waals surface area contributed by atoms with Crippen molar-refractivity contribution in [1.29, 1.82) is 0 Å². The molecule has 90 valence electrons. The zero-order valence-corrected chi connectivity index (χ0v) is 10.6. The lowest BCUT2D eigenvalue weighted by Gasteiger charge is -2.21. The third kappa shape index (κ3) is 5.74. The van der Waals surface area contributed by atoms with Gasteiger partial charge >= 0.3 is 0 Å². The Morgan fingerprint density at radius 2 is 2.07 bits per heavy atom. The van der Waals surface area contributed by atoms with Crippen molar-refractivity contribution >= 4 is 11.6 Å². The molecule has 1 aliphatic rings. The number of hydrogen-bond acceptors (Lipinski definition) is 2. The van der Waals surface area contributed by atoms with Crippen molar-refractivity contribution in [2.75, 3.05) is 19.8 Å². The molecule has 1 fully saturated rings. The minimum absolute atomic E-state index is 0.333. The maximum absolute atomic E-state index is 6.33. The first-order valence-electron chi connectivity index (χ1n) is 6.29. The Kier molecular flexibility index (Phi) is 7.41. The van der Waals surface area contributed by atoms with Crippen LogP contribution < -0.4 is 5.32 Å². The van der Waals surface area contributed by atoms with Gasteiger partial charge in [0.05, 0.1) is 0 Å². The number of ether oxygens (including phenoxy) is 1. The number of halogens is 1. The summed E-state index contributed by atoms with van der Waals surface area (Å²) in [4.78, 5) is 0. The van der Waals surface area contributed by atoms with Crippen molar-refractivity contribution < 1.29 is 4.74 Å². The monoisotopic (exact) mass is 233 g/mol. The van der Waals surface area contributed by atoms with Crippen molar-refractivity contribution in [2.45, 2.75) is 56.9 Å². The van der Waals surface area contributed by atoms with Gasteiger partial charge in [-0.1, -0.05) is 19.3 Å². The quantitative estimate of drug-likeness (QED) is 0.433. The number of hydrogen-bond donors (Lipinski definition) is 1. The second kappa shape index (κ2) is 8.37. The van der Waals surface area contributed by atoms with E-state index in [0.717, 1.165) is 26.2 Å². The summed E-state index contributed by atoms with van der Waals surface area (Å²) >= 11 is 6.33. The Bertz CT molecular complexity index is 155. The maximum atomic E-state index is 6.33. The van der Waals surface area contributed by atoms with E-state index < -0.39 is 0 Å². The second-order valence-electron chi connectivity index (χ2n) is 4.27. The summed E-state index contributed by atoms with van der Waals surface area (Å²) in [5, 5.41) is 3.89. The minimum Gasteiger partial charge on any atom is -0.382 e. The van der Waals surface area contributed by atoms with Gasteiger partial charge in [0.15, 0.2) is 0 Å². The van der Waals surface area contributed by atoms with Crippen LogP contribution in [0.25, 0.3) is 0 Å². The highest BCUT2D eigenvalue weighted by molar-refractivity contribution is 6.21. The van der Waals surface area contributed by atoms with Crippen molar-refractivity contribution in [1.82, 2.24) is 5.32 Å². The highest BCUT2D eigenvalue weighted by Crippen LogP contribution is 2.22. The Labute approximate surface area is 98.7 Å². The fraction of sp³-hybridized carbons (Fsp3) is 1.00. The molecule has 0 aliphatic heterocycles. The van der Waals surface area contributed by atoms with Crippen LogP contribution >= 0.6 is 11.6 Å². The molecule has 2 unspecified atom stereocenters. The first-order chi connectivity index (χ1) is 7.34. The van der Waals surface area contributed by atoms with Gasteiger partial charge in [-0.3, -0.25) is 0 Å². The lowest BCUT2D eigenvalue weighted by molar-refractivity contribution is 0.144. The fourth-order valence-corrected chi connectivity index (χ4v) is 2.47. The van der Waals surface area contributed by atoms with Gasteiger partial charge in [0.25, 0.3) is 0 Å². The molecule has 0 amide bonds. The van der Waals surface area contributed by atoms with E-state index in [9.17, 15) is 0 Å². The number of nitrogens with one attached hydrogen (secondary N) is 1. The molecule has 0 radical (unpaired) electrons. The van der Waals surface area contributed by atoms with E-state index in [1.54, 1.807) is 0 Å². The predicted molar refractivity (Wildman–Crippen MR) is 65.6 cm³/mol. The molecule has 0 aromatic carbocycles. The first-order valence-corrected chi connectivity index (χ1v) is 6.73. The topological polar surface area (TPSA) is 21.3 Å². The molecule has 0 bridgehead atoms. The van der Waals surface area contributed by atoms with Crippen LogP contribution in [0.3, 0.4) is 0 Å². The summed E-state index contributed by atoms with van der Waals surface area (Å²) in [6.07, 6.45) is 7.47. The maximum Gasteiger partial charge on any atom is 0.0489 e. The number of rotatable bonds is 6. The molecule has 2 atom stereocenters. The Morgan fingerprint density at radius 1 is 1.27 bits per heavy atom. The van der Waals surface area contributed by atoms with Gasteiger partial charge in [0.2, 0.25) is 0 Å². The Morgan fingerprint density at radius 3 is 2.87 bits per heavy atom. The predicted octanol–water partition coefficient (Wildman–Crippen LogP) is 2.94. The smallest absolute Gasteiger partial charge is 0.0489 e. The van der Waals surface area contributed by atoms with Crippen molar-refractivity contribution in [3.05, 3.63) is 0 Å². The molecule has 1 saturated carbocycles. The standard InChI is InChI=1S/C12H24ClNO/c1-2-15-10-6-9-14-12-8-5-3-4-7-11(12)13/h11-12,14H,2-10H2,1H3. The first kappa shape index (κ1) is 13.3. The van der Waals surface area contributed by atoms with E-state index >= 15 is 0 Å². The average molecular weight is 234 g/mol. The third-order valence-corrected chi connectivity index (χ3v) is 3.53. The summed E-state index contributed by atoms with van der Waals surface area (Å²) in [7, 11) is 0. The van der Waals surface area contributed by atoms with Gasteiger partial charge in [-0.05, 0) is 32.7 Å². The van der Waals surface area contributed by atoms with E-state index in [1.807, 2.05) is 6.92 Å². The van der Waals surface area contributed by atoms with E-state index in [0.29, 0.717) is 11.4 Å². The molecule has 0 spiro atoms. The van der Waals surface area contributed by atoms with Crippen LogP contribution in [0.1, 0.15) is 45.4 Å². The van der Waals surface area contributed by atoms with Crippen LogP contribution in [0.5, 0.6) is 0 Å². The summed E-state index contributed by atoms with van der Waals surface area (Å²) in [6.45, 7) is 4.76. The van der Waals surface area contributed by atoms with E-state index in [1.165, 1.54) is 32.1 Å². The molecule has 0 saturated heterocycles. The van der Waals surface area contributed by atoms with Crippen molar-refractivity contribution in [3.8, 4) is 0 Å². The fourth-order valence-electron chi connectivity index (χ4n) is 2.10. The number of alkyl halides is 1. The summed E-state index contributed by atoms with van der Waals surface area (Å²) in [6, 6.07) is 0.524. The zero-order valence-electron chi connectivity index (χ0n) is 9.80. The van der Waals surface area contributed by atoms with Crippen LogP contribution in [-0.2, 0) is 4.74 Å². The van der Waals surface area contributed by atoms with Gasteiger partial charge in [0, 0.05) is 24.6 Å². The van der Waals surface area contributed by atoms with E-state index in [4.69, 9.17) is 16.3 Å². The molecular formula is C12H24ClNO. The Hall–Kier alpha value is 0.210. The van der Waals surface area contributed by atoms with Gasteiger partial charge in [-0.15, -0.1) is 11.6 Å². The molecule has 1 N–H and O–H groups in total. The molecule has 1 aliphatic carbocycles. The lowest BCUT2D eigenvalue weighted by Crippen LogP contribution is -2.37. The molecule has 3 heteroatoms. The van der Waals surface area contributed by atoms with E-state index in [-0.39, 0.29) is 0 Å². The van der Waals surface area contributed by atoms with Crippen molar-refractivity contribution in [2.24, 2.45) is 0 Å². The zero-order chi connectivity index (χ0) is 10.9. The average Bonchev–Trinajstić information content (AvgIpc) is 2.44. The highest BCUT2D eigenvalue weighted by atomic mass is 35.5. The minimum atomic E-state index is 0.333. The second-order valence-corrected chi connectivity index (χ2v) is 4.83. The molecular weight excluding hydrogens is 210 g/mol. The van der Waals surface area contributed by atoms with Gasteiger partial charge in [-0.25, -0.2) is 0 Å². The molecule has 2 nitrogen and oxygen atoms in total. The van der Waals surface area contributed by atoms with Crippen LogP contribution in [0, 0.1) is 0 Å². The van der Waals surface area contributed by atoms with Crippen LogP contribution in [0.15, 0.2) is 0 Å². The largest absolute Gasteiger partial charge is 0.382 e.